The smallest absolute Gasteiger partial charge is 0.0581 e. The normalized spacial score (nSPS) is 17.0. The molecule has 5 heteroatoms. The highest BCUT2D eigenvalue weighted by Crippen LogP contribution is 2.39. The zero-order chi connectivity index (χ0) is 13.2. The van der Waals surface area contributed by atoms with E-state index in [1.165, 1.54) is 27.8 Å². The van der Waals surface area contributed by atoms with Crippen LogP contribution < -0.4 is 5.73 Å². The number of nitrogens with two attached hydrogens (primary N) is 1. The van der Waals surface area contributed by atoms with Crippen molar-refractivity contribution >= 4 is 38.6 Å². The molecular weight excluding hydrogens is 340 g/mol. The van der Waals surface area contributed by atoms with Gasteiger partial charge in [0.1, 0.15) is 0 Å². The van der Waals surface area contributed by atoms with E-state index in [1.807, 2.05) is 0 Å². The molecule has 102 valence electrons. The van der Waals surface area contributed by atoms with Gasteiger partial charge in [-0.2, -0.15) is 11.3 Å². The molecule has 1 saturated carbocycles. The van der Waals surface area contributed by atoms with Crippen LogP contribution >= 0.6 is 38.6 Å². The van der Waals surface area contributed by atoms with Crippen molar-refractivity contribution in [3.63, 3.8) is 0 Å². The molecule has 0 radical (unpaired) electrons. The van der Waals surface area contributed by atoms with Crippen molar-refractivity contribution in [2.24, 2.45) is 5.73 Å². The van der Waals surface area contributed by atoms with Gasteiger partial charge in [0, 0.05) is 28.5 Å². The third-order valence-corrected chi connectivity index (χ3v) is 6.24. The lowest BCUT2D eigenvalue weighted by Crippen LogP contribution is -2.34. The monoisotopic (exact) mass is 356 g/mol. The first-order valence-electron chi connectivity index (χ1n) is 6.49. The lowest BCUT2D eigenvalue weighted by Gasteiger charge is -2.30. The van der Waals surface area contributed by atoms with Crippen molar-refractivity contribution in [1.82, 2.24) is 4.90 Å². The fraction of sp³-hybridized carbons (Fsp3) is 0.429. The van der Waals surface area contributed by atoms with E-state index in [9.17, 15) is 0 Å². The van der Waals surface area contributed by atoms with Crippen LogP contribution in [-0.4, -0.2) is 17.5 Å². The molecule has 2 aromatic heterocycles. The summed E-state index contributed by atoms with van der Waals surface area (Å²) in [6, 6.07) is 5.39. The Hall–Kier alpha value is -0.200. The zero-order valence-corrected chi connectivity index (χ0v) is 13.8. The average molecular weight is 357 g/mol. The molecular formula is C14H17BrN2S2. The Bertz CT molecular complexity index is 519. The van der Waals surface area contributed by atoms with E-state index in [-0.39, 0.29) is 0 Å². The second-order valence-electron chi connectivity index (χ2n) is 4.92. The van der Waals surface area contributed by atoms with Crippen LogP contribution in [0.5, 0.6) is 0 Å². The van der Waals surface area contributed by atoms with Gasteiger partial charge in [-0.3, -0.25) is 4.90 Å². The van der Waals surface area contributed by atoms with Gasteiger partial charge in [-0.15, -0.1) is 11.3 Å². The highest BCUT2D eigenvalue weighted by molar-refractivity contribution is 9.10. The Labute approximate surface area is 130 Å². The molecule has 2 nitrogen and oxygen atoms in total. The van der Waals surface area contributed by atoms with Crippen LogP contribution in [0.15, 0.2) is 32.7 Å². The molecule has 1 aliphatic carbocycles. The second kappa shape index (κ2) is 6.06. The summed E-state index contributed by atoms with van der Waals surface area (Å²) in [5.74, 6) is 0. The van der Waals surface area contributed by atoms with Crippen LogP contribution in [0.3, 0.4) is 0 Å². The highest BCUT2D eigenvalue weighted by Gasteiger charge is 2.35. The van der Waals surface area contributed by atoms with Crippen LogP contribution in [0.2, 0.25) is 0 Å². The molecule has 0 aliphatic heterocycles. The predicted octanol–water partition coefficient (Wildman–Crippen LogP) is 4.24. The zero-order valence-electron chi connectivity index (χ0n) is 10.6. The van der Waals surface area contributed by atoms with Crippen LogP contribution in [0.1, 0.15) is 29.3 Å². The first kappa shape index (κ1) is 13.8. The fourth-order valence-corrected chi connectivity index (χ4v) is 4.86. The highest BCUT2D eigenvalue weighted by atomic mass is 79.9. The van der Waals surface area contributed by atoms with Crippen LogP contribution in [0.4, 0.5) is 0 Å². The third kappa shape index (κ3) is 3.11. The largest absolute Gasteiger partial charge is 0.329 e. The van der Waals surface area contributed by atoms with Gasteiger partial charge in [-0.1, -0.05) is 0 Å². The first-order valence-corrected chi connectivity index (χ1v) is 9.11. The Balaban J connectivity index is 1.83. The Morgan fingerprint density at radius 2 is 2.21 bits per heavy atom. The quantitative estimate of drug-likeness (QED) is 0.838. The van der Waals surface area contributed by atoms with Crippen molar-refractivity contribution in [3.8, 4) is 0 Å². The lowest BCUT2D eigenvalue weighted by molar-refractivity contribution is 0.184. The lowest BCUT2D eigenvalue weighted by atomic mass is 10.1. The average Bonchev–Trinajstić information content (AvgIpc) is 2.97. The molecule has 1 fully saturated rings. The van der Waals surface area contributed by atoms with Crippen LogP contribution in [-0.2, 0) is 6.54 Å². The van der Waals surface area contributed by atoms with Crippen LogP contribution in [0.25, 0.3) is 0 Å². The molecule has 1 aliphatic rings. The summed E-state index contributed by atoms with van der Waals surface area (Å²) in [4.78, 5) is 3.95. The number of rotatable bonds is 6. The van der Waals surface area contributed by atoms with Gasteiger partial charge in [0.15, 0.2) is 0 Å². The van der Waals surface area contributed by atoms with Gasteiger partial charge in [-0.05, 0) is 62.6 Å². The van der Waals surface area contributed by atoms with Crippen molar-refractivity contribution in [1.29, 1.82) is 0 Å². The molecule has 2 heterocycles. The van der Waals surface area contributed by atoms with Crippen molar-refractivity contribution in [2.45, 2.75) is 31.5 Å². The van der Waals surface area contributed by atoms with Gasteiger partial charge >= 0.3 is 0 Å². The molecule has 0 saturated heterocycles. The maximum Gasteiger partial charge on any atom is 0.0581 e. The maximum atomic E-state index is 6.08. The van der Waals surface area contributed by atoms with Gasteiger partial charge < -0.3 is 5.73 Å². The van der Waals surface area contributed by atoms with E-state index in [4.69, 9.17) is 5.73 Å². The summed E-state index contributed by atoms with van der Waals surface area (Å²) in [6.07, 6.45) is 2.62. The molecule has 0 spiro atoms. The molecule has 19 heavy (non-hydrogen) atoms. The minimum absolute atomic E-state index is 0.335. The van der Waals surface area contributed by atoms with E-state index in [0.717, 1.165) is 6.54 Å². The maximum absolute atomic E-state index is 6.08. The number of hydrogen-bond donors (Lipinski definition) is 1. The van der Waals surface area contributed by atoms with Crippen molar-refractivity contribution in [3.05, 3.63) is 43.2 Å². The number of thiophene rings is 2. The molecule has 0 bridgehead atoms. The van der Waals surface area contributed by atoms with E-state index < -0.39 is 0 Å². The summed E-state index contributed by atoms with van der Waals surface area (Å²) in [5.41, 5.74) is 7.48. The Morgan fingerprint density at radius 3 is 2.74 bits per heavy atom. The van der Waals surface area contributed by atoms with Gasteiger partial charge in [-0.25, -0.2) is 0 Å². The summed E-state index contributed by atoms with van der Waals surface area (Å²) in [6.45, 7) is 1.69. The van der Waals surface area contributed by atoms with E-state index in [0.29, 0.717) is 18.6 Å². The summed E-state index contributed by atoms with van der Waals surface area (Å²) < 4.78 is 1.20. The molecule has 0 amide bonds. The fourth-order valence-electron chi connectivity index (χ4n) is 2.43. The molecule has 2 N–H and O–H groups in total. The van der Waals surface area contributed by atoms with E-state index >= 15 is 0 Å². The molecule has 3 rings (SSSR count). The van der Waals surface area contributed by atoms with Gasteiger partial charge in [0.05, 0.1) is 6.04 Å². The van der Waals surface area contributed by atoms with E-state index in [1.54, 1.807) is 22.7 Å². The molecule has 1 atom stereocenters. The predicted molar refractivity (Wildman–Crippen MR) is 86.7 cm³/mol. The van der Waals surface area contributed by atoms with Gasteiger partial charge in [0.25, 0.3) is 0 Å². The van der Waals surface area contributed by atoms with Crippen molar-refractivity contribution < 1.29 is 0 Å². The summed E-state index contributed by atoms with van der Waals surface area (Å²) in [7, 11) is 0. The number of hydrogen-bond acceptors (Lipinski definition) is 4. The minimum atomic E-state index is 0.335. The first-order chi connectivity index (χ1) is 9.29. The van der Waals surface area contributed by atoms with Crippen LogP contribution in [0, 0.1) is 0 Å². The number of halogens is 1. The second-order valence-corrected chi connectivity index (χ2v) is 7.50. The standard InChI is InChI=1S/C14H17BrN2S2/c15-12-4-6-19-14(12)13(7-16)17(11-1-2-11)8-10-3-5-18-9-10/h3-6,9,11,13H,1-2,7-8,16H2. The topological polar surface area (TPSA) is 29.3 Å². The number of nitrogens with zero attached hydrogens (tertiary/aromatic N) is 1. The molecule has 1 unspecified atom stereocenters. The molecule has 0 aromatic carbocycles. The van der Waals surface area contributed by atoms with Gasteiger partial charge in [0.2, 0.25) is 0 Å². The Kier molecular flexibility index (Phi) is 4.39. The summed E-state index contributed by atoms with van der Waals surface area (Å²) >= 11 is 7.23. The Morgan fingerprint density at radius 1 is 1.37 bits per heavy atom. The van der Waals surface area contributed by atoms with Crippen molar-refractivity contribution in [2.75, 3.05) is 6.54 Å². The minimum Gasteiger partial charge on any atom is -0.329 e. The van der Waals surface area contributed by atoms with E-state index in [2.05, 4.69) is 49.1 Å². The summed E-state index contributed by atoms with van der Waals surface area (Å²) in [5, 5.41) is 6.53. The molecule has 2 aromatic rings. The SMILES string of the molecule is NCC(c1sccc1Br)N(Cc1ccsc1)C1CC1. The third-order valence-electron chi connectivity index (χ3n) is 3.53.